The molecule has 3 heteroatoms. The first-order chi connectivity index (χ1) is 7.52. The number of ether oxygens (including phenoxy) is 1. The molecule has 1 aromatic rings. The van der Waals surface area contributed by atoms with E-state index in [1.54, 1.807) is 0 Å². The lowest BCUT2D eigenvalue weighted by molar-refractivity contribution is -0.126. The Bertz CT molecular complexity index is 395. The molecule has 2 atom stereocenters. The number of hydrogen-bond donors (Lipinski definition) is 1. The highest BCUT2D eigenvalue weighted by molar-refractivity contribution is 5.66. The second-order valence-corrected chi connectivity index (χ2v) is 5.17. The number of hydrogen-bond acceptors (Lipinski definition) is 3. The topological polar surface area (TPSA) is 38.3 Å². The molecule has 0 aromatic heterocycles. The zero-order valence-corrected chi connectivity index (χ0v) is 9.86. The molecule has 0 aliphatic carbocycles. The highest BCUT2D eigenvalue weighted by Crippen LogP contribution is 2.42. The summed E-state index contributed by atoms with van der Waals surface area (Å²) >= 11 is 0. The van der Waals surface area contributed by atoms with Crippen LogP contribution in [-0.4, -0.2) is 12.5 Å². The molecule has 0 saturated heterocycles. The molecule has 1 aliphatic rings. The molecule has 1 aliphatic heterocycles. The van der Waals surface area contributed by atoms with Gasteiger partial charge in [0.05, 0.1) is 6.10 Å². The molecule has 1 N–H and O–H groups in total. The predicted molar refractivity (Wildman–Crippen MR) is 63.2 cm³/mol. The number of rotatable bonds is 1. The van der Waals surface area contributed by atoms with Crippen LogP contribution in [0.1, 0.15) is 32.4 Å². The minimum atomic E-state index is -0.542. The standard InChI is InChI=1S/C13H17NO2/c1-13(2,3)12-9-6-4-5-7-10(9)14-11(8-15)16-12/h4-8,11-12,14H,1-3H3. The number of benzene rings is 1. The molecule has 1 heterocycles. The van der Waals surface area contributed by atoms with E-state index in [1.807, 2.05) is 24.3 Å². The third kappa shape index (κ3) is 1.95. The fourth-order valence-corrected chi connectivity index (χ4v) is 2.00. The average Bonchev–Trinajstić information content (AvgIpc) is 2.26. The Labute approximate surface area is 95.8 Å². The lowest BCUT2D eigenvalue weighted by atomic mass is 9.83. The highest BCUT2D eigenvalue weighted by Gasteiger charge is 2.34. The molecule has 0 spiro atoms. The Morgan fingerprint density at radius 2 is 2.00 bits per heavy atom. The zero-order chi connectivity index (χ0) is 11.8. The van der Waals surface area contributed by atoms with E-state index in [1.165, 1.54) is 0 Å². The van der Waals surface area contributed by atoms with Crippen LogP contribution in [0, 0.1) is 5.41 Å². The number of carbonyl (C=O) groups excluding carboxylic acids is 1. The average molecular weight is 219 g/mol. The van der Waals surface area contributed by atoms with Crippen molar-refractivity contribution in [2.24, 2.45) is 5.41 Å². The number of para-hydroxylation sites is 1. The van der Waals surface area contributed by atoms with Crippen LogP contribution in [0.15, 0.2) is 24.3 Å². The minimum Gasteiger partial charge on any atom is -0.354 e. The number of carbonyl (C=O) groups is 1. The molecule has 16 heavy (non-hydrogen) atoms. The van der Waals surface area contributed by atoms with Crippen molar-refractivity contribution in [3.63, 3.8) is 0 Å². The smallest absolute Gasteiger partial charge is 0.185 e. The van der Waals surface area contributed by atoms with Gasteiger partial charge in [-0.1, -0.05) is 39.0 Å². The Morgan fingerprint density at radius 3 is 2.62 bits per heavy atom. The molecule has 2 rings (SSSR count). The molecular formula is C13H17NO2. The van der Waals surface area contributed by atoms with Gasteiger partial charge < -0.3 is 10.1 Å². The maximum absolute atomic E-state index is 10.9. The molecule has 0 amide bonds. The van der Waals surface area contributed by atoms with Crippen molar-refractivity contribution in [3.8, 4) is 0 Å². The fraction of sp³-hybridized carbons (Fsp3) is 0.462. The quantitative estimate of drug-likeness (QED) is 0.738. The van der Waals surface area contributed by atoms with Crippen molar-refractivity contribution in [3.05, 3.63) is 29.8 Å². The van der Waals surface area contributed by atoms with Crippen LogP contribution in [0.3, 0.4) is 0 Å². The summed E-state index contributed by atoms with van der Waals surface area (Å²) in [7, 11) is 0. The van der Waals surface area contributed by atoms with Gasteiger partial charge in [-0.25, -0.2) is 0 Å². The summed E-state index contributed by atoms with van der Waals surface area (Å²) in [6, 6.07) is 7.97. The molecule has 2 unspecified atom stereocenters. The van der Waals surface area contributed by atoms with Gasteiger partial charge in [0.15, 0.2) is 12.5 Å². The number of nitrogens with one attached hydrogen (secondary N) is 1. The van der Waals surface area contributed by atoms with Crippen molar-refractivity contribution in [2.45, 2.75) is 33.1 Å². The van der Waals surface area contributed by atoms with E-state index in [9.17, 15) is 4.79 Å². The first kappa shape index (κ1) is 11.1. The van der Waals surface area contributed by atoms with E-state index in [4.69, 9.17) is 4.74 Å². The summed E-state index contributed by atoms with van der Waals surface area (Å²) < 4.78 is 5.75. The highest BCUT2D eigenvalue weighted by atomic mass is 16.5. The van der Waals surface area contributed by atoms with Gasteiger partial charge in [-0.3, -0.25) is 4.79 Å². The third-order valence-electron chi connectivity index (χ3n) is 2.73. The first-order valence-corrected chi connectivity index (χ1v) is 5.48. The van der Waals surface area contributed by atoms with Crippen molar-refractivity contribution < 1.29 is 9.53 Å². The van der Waals surface area contributed by atoms with Crippen LogP contribution in [0.25, 0.3) is 0 Å². The monoisotopic (exact) mass is 219 g/mol. The van der Waals surface area contributed by atoms with E-state index >= 15 is 0 Å². The number of fused-ring (bicyclic) bond motifs is 1. The van der Waals surface area contributed by atoms with Gasteiger partial charge in [0, 0.05) is 11.3 Å². The summed E-state index contributed by atoms with van der Waals surface area (Å²) in [5.74, 6) is 0. The van der Waals surface area contributed by atoms with Gasteiger partial charge >= 0.3 is 0 Å². The van der Waals surface area contributed by atoms with Crippen LogP contribution in [0.5, 0.6) is 0 Å². The molecular weight excluding hydrogens is 202 g/mol. The molecule has 0 fully saturated rings. The summed E-state index contributed by atoms with van der Waals surface area (Å²) in [4.78, 5) is 10.9. The van der Waals surface area contributed by atoms with Gasteiger partial charge in [0.25, 0.3) is 0 Å². The largest absolute Gasteiger partial charge is 0.354 e. The molecule has 3 nitrogen and oxygen atoms in total. The fourth-order valence-electron chi connectivity index (χ4n) is 2.00. The summed E-state index contributed by atoms with van der Waals surface area (Å²) in [6.07, 6.45) is 0.202. The van der Waals surface area contributed by atoms with E-state index in [-0.39, 0.29) is 11.5 Å². The van der Waals surface area contributed by atoms with Crippen LogP contribution >= 0.6 is 0 Å². The van der Waals surface area contributed by atoms with Gasteiger partial charge in [-0.15, -0.1) is 0 Å². The van der Waals surface area contributed by atoms with Gasteiger partial charge in [-0.2, -0.15) is 0 Å². The van der Waals surface area contributed by atoms with E-state index < -0.39 is 6.23 Å². The normalized spacial score (nSPS) is 24.4. The third-order valence-corrected chi connectivity index (χ3v) is 2.73. The Morgan fingerprint density at radius 1 is 1.31 bits per heavy atom. The first-order valence-electron chi connectivity index (χ1n) is 5.48. The SMILES string of the molecule is CC(C)(C)C1OC(C=O)Nc2ccccc21. The molecule has 0 bridgehead atoms. The van der Waals surface area contributed by atoms with Crippen LogP contribution in [0.2, 0.25) is 0 Å². The van der Waals surface area contributed by atoms with E-state index in [0.717, 1.165) is 17.5 Å². The van der Waals surface area contributed by atoms with Crippen molar-refractivity contribution in [1.82, 2.24) is 0 Å². The second kappa shape index (κ2) is 3.91. The Balaban J connectivity index is 2.43. The Hall–Kier alpha value is -1.35. The van der Waals surface area contributed by atoms with Crippen LogP contribution in [-0.2, 0) is 9.53 Å². The van der Waals surface area contributed by atoms with Crippen LogP contribution < -0.4 is 5.32 Å². The van der Waals surface area contributed by atoms with Gasteiger partial charge in [0.1, 0.15) is 0 Å². The lowest BCUT2D eigenvalue weighted by Crippen LogP contribution is -2.36. The zero-order valence-electron chi connectivity index (χ0n) is 9.86. The van der Waals surface area contributed by atoms with Crippen LogP contribution in [0.4, 0.5) is 5.69 Å². The number of anilines is 1. The molecule has 86 valence electrons. The number of aldehydes is 1. The molecule has 1 aromatic carbocycles. The van der Waals surface area contributed by atoms with E-state index in [0.29, 0.717) is 0 Å². The lowest BCUT2D eigenvalue weighted by Gasteiger charge is -2.38. The predicted octanol–water partition coefficient (Wildman–Crippen LogP) is 2.74. The maximum Gasteiger partial charge on any atom is 0.185 e. The van der Waals surface area contributed by atoms with Gasteiger partial charge in [-0.05, 0) is 11.5 Å². The van der Waals surface area contributed by atoms with E-state index in [2.05, 4.69) is 26.1 Å². The minimum absolute atomic E-state index is 0.0283. The summed E-state index contributed by atoms with van der Waals surface area (Å²) in [5, 5.41) is 3.06. The van der Waals surface area contributed by atoms with Crippen molar-refractivity contribution >= 4 is 12.0 Å². The second-order valence-electron chi connectivity index (χ2n) is 5.17. The molecule has 0 saturated carbocycles. The Kier molecular flexibility index (Phi) is 2.72. The molecule has 0 radical (unpaired) electrons. The van der Waals surface area contributed by atoms with Gasteiger partial charge in [0.2, 0.25) is 0 Å². The summed E-state index contributed by atoms with van der Waals surface area (Å²) in [6.45, 7) is 6.34. The maximum atomic E-state index is 10.9. The van der Waals surface area contributed by atoms with Crippen molar-refractivity contribution in [2.75, 3.05) is 5.32 Å². The summed E-state index contributed by atoms with van der Waals surface area (Å²) in [5.41, 5.74) is 2.08. The van der Waals surface area contributed by atoms with Crippen molar-refractivity contribution in [1.29, 1.82) is 0 Å².